The van der Waals surface area contributed by atoms with E-state index < -0.39 is 5.97 Å². The summed E-state index contributed by atoms with van der Waals surface area (Å²) in [7, 11) is 0. The monoisotopic (exact) mass is 473 g/mol. The average molecular weight is 474 g/mol. The maximum Gasteiger partial charge on any atom is 0.303 e. The SMILES string of the molecule is Cc1cc(OCC(C)c2nc(-c3ccc(-c4ncccn4)cc3)sc2C)ccc1CCC(=O)O. The van der Waals surface area contributed by atoms with Gasteiger partial charge in [0, 0.05) is 40.7 Å². The largest absolute Gasteiger partial charge is 0.493 e. The van der Waals surface area contributed by atoms with Gasteiger partial charge < -0.3 is 9.84 Å². The molecule has 4 aromatic rings. The van der Waals surface area contributed by atoms with Gasteiger partial charge in [0.15, 0.2) is 5.82 Å². The van der Waals surface area contributed by atoms with E-state index in [1.54, 1.807) is 29.8 Å². The number of carboxylic acids is 1. The fraction of sp³-hybridized carbons (Fsp3) is 0.259. The van der Waals surface area contributed by atoms with Gasteiger partial charge in [0.2, 0.25) is 0 Å². The minimum absolute atomic E-state index is 0.131. The Morgan fingerprint density at radius 3 is 2.44 bits per heavy atom. The number of carbonyl (C=O) groups is 1. The molecule has 0 amide bonds. The van der Waals surface area contributed by atoms with Crippen molar-refractivity contribution in [3.8, 4) is 27.7 Å². The van der Waals surface area contributed by atoms with Crippen molar-refractivity contribution < 1.29 is 14.6 Å². The second kappa shape index (κ2) is 10.6. The molecule has 1 N–H and O–H groups in total. The van der Waals surface area contributed by atoms with Crippen LogP contribution in [0, 0.1) is 13.8 Å². The third-order valence-corrected chi connectivity index (χ3v) is 6.71. The number of benzene rings is 2. The quantitative estimate of drug-likeness (QED) is 0.317. The van der Waals surface area contributed by atoms with Crippen LogP contribution < -0.4 is 4.74 Å². The van der Waals surface area contributed by atoms with Crippen LogP contribution >= 0.6 is 11.3 Å². The maximum absolute atomic E-state index is 10.8. The number of aliphatic carboxylic acids is 1. The lowest BCUT2D eigenvalue weighted by molar-refractivity contribution is -0.136. The van der Waals surface area contributed by atoms with E-state index in [-0.39, 0.29) is 12.3 Å². The highest BCUT2D eigenvalue weighted by atomic mass is 32.1. The standard InChI is InChI=1S/C27H27N3O3S/c1-17-15-23(11-9-20(17)10-12-24(31)32)33-16-18(2)25-19(3)34-27(30-25)22-7-5-21(6-8-22)26-28-13-4-14-29-26/h4-9,11,13-15,18H,10,12,16H2,1-3H3,(H,31,32). The Morgan fingerprint density at radius 2 is 1.76 bits per heavy atom. The summed E-state index contributed by atoms with van der Waals surface area (Å²) in [5, 5.41) is 9.88. The first-order valence-corrected chi connectivity index (χ1v) is 12.0. The molecule has 7 heteroatoms. The van der Waals surface area contributed by atoms with E-state index in [4.69, 9.17) is 14.8 Å². The molecule has 0 aliphatic rings. The normalized spacial score (nSPS) is 11.9. The van der Waals surface area contributed by atoms with Crippen molar-refractivity contribution in [1.29, 1.82) is 0 Å². The fourth-order valence-electron chi connectivity index (χ4n) is 3.78. The van der Waals surface area contributed by atoms with Gasteiger partial charge in [-0.05, 0) is 49.6 Å². The number of carboxylic acid groups (broad SMARTS) is 1. The van der Waals surface area contributed by atoms with Gasteiger partial charge in [0.25, 0.3) is 0 Å². The first-order valence-electron chi connectivity index (χ1n) is 11.2. The minimum atomic E-state index is -0.785. The van der Waals surface area contributed by atoms with Gasteiger partial charge in [0.05, 0.1) is 12.3 Å². The van der Waals surface area contributed by atoms with E-state index in [1.807, 2.05) is 37.3 Å². The number of hydrogen-bond donors (Lipinski definition) is 1. The summed E-state index contributed by atoms with van der Waals surface area (Å²) >= 11 is 1.69. The zero-order valence-corrected chi connectivity index (χ0v) is 20.3. The molecule has 0 saturated heterocycles. The molecule has 0 radical (unpaired) electrons. The molecule has 4 rings (SSSR count). The van der Waals surface area contributed by atoms with Crippen LogP contribution in [0.3, 0.4) is 0 Å². The van der Waals surface area contributed by atoms with Gasteiger partial charge >= 0.3 is 5.97 Å². The Morgan fingerprint density at radius 1 is 1.06 bits per heavy atom. The number of ether oxygens (including phenoxy) is 1. The molecule has 2 heterocycles. The van der Waals surface area contributed by atoms with Gasteiger partial charge in [-0.1, -0.05) is 37.3 Å². The second-order valence-corrected chi connectivity index (χ2v) is 9.51. The van der Waals surface area contributed by atoms with Crippen LogP contribution in [0.15, 0.2) is 60.9 Å². The van der Waals surface area contributed by atoms with Crippen LogP contribution in [0.2, 0.25) is 0 Å². The van der Waals surface area contributed by atoms with Crippen LogP contribution in [0.1, 0.15) is 41.0 Å². The van der Waals surface area contributed by atoms with Crippen LogP contribution in [0.25, 0.3) is 22.0 Å². The molecule has 0 bridgehead atoms. The lowest BCUT2D eigenvalue weighted by atomic mass is 10.0. The second-order valence-electron chi connectivity index (χ2n) is 8.30. The summed E-state index contributed by atoms with van der Waals surface area (Å²) in [6.07, 6.45) is 4.14. The summed E-state index contributed by atoms with van der Waals surface area (Å²) in [4.78, 5) is 25.5. The Kier molecular flexibility index (Phi) is 7.33. The van der Waals surface area contributed by atoms with Crippen LogP contribution in [0.4, 0.5) is 0 Å². The van der Waals surface area contributed by atoms with Crippen LogP contribution in [0.5, 0.6) is 5.75 Å². The Bertz CT molecular complexity index is 1270. The number of nitrogens with zero attached hydrogens (tertiary/aromatic N) is 3. The zero-order chi connectivity index (χ0) is 24.1. The van der Waals surface area contributed by atoms with E-state index in [0.717, 1.165) is 38.7 Å². The maximum atomic E-state index is 10.8. The predicted octanol–water partition coefficient (Wildman–Crippen LogP) is 6.08. The molecule has 0 aliphatic heterocycles. The minimum Gasteiger partial charge on any atom is -0.493 e. The van der Waals surface area contributed by atoms with Gasteiger partial charge in [-0.25, -0.2) is 15.0 Å². The Labute approximate surface area is 203 Å². The van der Waals surface area contributed by atoms with Crippen LogP contribution in [-0.2, 0) is 11.2 Å². The number of aromatic nitrogens is 3. The van der Waals surface area contributed by atoms with Crippen molar-refractivity contribution in [3.05, 3.63) is 82.6 Å². The molecule has 0 spiro atoms. The van der Waals surface area contributed by atoms with Gasteiger partial charge in [-0.15, -0.1) is 11.3 Å². The summed E-state index contributed by atoms with van der Waals surface area (Å²) in [5.74, 6) is 0.845. The lowest BCUT2D eigenvalue weighted by Gasteiger charge is -2.14. The summed E-state index contributed by atoms with van der Waals surface area (Å²) in [6, 6.07) is 15.8. The highest BCUT2D eigenvalue weighted by Crippen LogP contribution is 2.32. The molecule has 0 aliphatic carbocycles. The molecule has 0 fully saturated rings. The fourth-order valence-corrected chi connectivity index (χ4v) is 4.82. The van der Waals surface area contributed by atoms with Gasteiger partial charge in [-0.2, -0.15) is 0 Å². The van der Waals surface area contributed by atoms with Gasteiger partial charge in [-0.3, -0.25) is 4.79 Å². The van der Waals surface area contributed by atoms with Crippen molar-refractivity contribution in [2.24, 2.45) is 0 Å². The average Bonchev–Trinajstić information content (AvgIpc) is 3.24. The molecule has 34 heavy (non-hydrogen) atoms. The Balaban J connectivity index is 1.41. The first-order chi connectivity index (χ1) is 16.4. The topological polar surface area (TPSA) is 85.2 Å². The summed E-state index contributed by atoms with van der Waals surface area (Å²) in [5.41, 5.74) is 5.17. The third kappa shape index (κ3) is 5.66. The molecule has 2 aromatic heterocycles. The zero-order valence-electron chi connectivity index (χ0n) is 19.5. The number of thiazole rings is 1. The van der Waals surface area contributed by atoms with Crippen molar-refractivity contribution in [1.82, 2.24) is 15.0 Å². The number of rotatable bonds is 9. The van der Waals surface area contributed by atoms with E-state index in [9.17, 15) is 4.79 Å². The van der Waals surface area contributed by atoms with E-state index in [0.29, 0.717) is 18.9 Å². The molecular formula is C27H27N3O3S. The molecule has 6 nitrogen and oxygen atoms in total. The van der Waals surface area contributed by atoms with Gasteiger partial charge in [0.1, 0.15) is 10.8 Å². The summed E-state index contributed by atoms with van der Waals surface area (Å²) in [6.45, 7) is 6.72. The van der Waals surface area contributed by atoms with Crippen molar-refractivity contribution in [2.75, 3.05) is 6.61 Å². The van der Waals surface area contributed by atoms with E-state index >= 15 is 0 Å². The highest BCUT2D eigenvalue weighted by Gasteiger charge is 2.17. The molecule has 174 valence electrons. The number of hydrogen-bond acceptors (Lipinski definition) is 6. The van der Waals surface area contributed by atoms with Crippen molar-refractivity contribution in [2.45, 2.75) is 39.5 Å². The van der Waals surface area contributed by atoms with Crippen molar-refractivity contribution >= 4 is 17.3 Å². The van der Waals surface area contributed by atoms with Crippen molar-refractivity contribution in [3.63, 3.8) is 0 Å². The van der Waals surface area contributed by atoms with Crippen LogP contribution in [-0.4, -0.2) is 32.6 Å². The molecular weight excluding hydrogens is 446 g/mol. The molecule has 0 saturated carbocycles. The summed E-state index contributed by atoms with van der Waals surface area (Å²) < 4.78 is 6.05. The first kappa shape index (κ1) is 23.6. The molecule has 1 unspecified atom stereocenters. The lowest BCUT2D eigenvalue weighted by Crippen LogP contribution is -2.09. The molecule has 1 atom stereocenters. The third-order valence-electron chi connectivity index (χ3n) is 5.68. The van der Waals surface area contributed by atoms with E-state index in [1.165, 1.54) is 4.88 Å². The predicted molar refractivity (Wildman–Crippen MR) is 134 cm³/mol. The van der Waals surface area contributed by atoms with E-state index in [2.05, 4.69) is 35.9 Å². The number of aryl methyl sites for hydroxylation is 3. The smallest absolute Gasteiger partial charge is 0.303 e. The highest BCUT2D eigenvalue weighted by molar-refractivity contribution is 7.15. The Hall–Kier alpha value is -3.58. The molecule has 2 aromatic carbocycles.